The number of nitrogens with one attached hydrogen (secondary N) is 1. The van der Waals surface area contributed by atoms with Crippen LogP contribution in [0.4, 0.5) is 10.8 Å². The summed E-state index contributed by atoms with van der Waals surface area (Å²) in [7, 11) is 3.90. The SMILES string of the molecule is CCN(CC)c1nc2sc(C(=O)Nc3ccc4oc(=O)n(CCN(C)C)c4c3)cc2s1. The van der Waals surface area contributed by atoms with Crippen LogP contribution in [0.1, 0.15) is 23.5 Å². The number of carbonyl (C=O) groups is 1. The van der Waals surface area contributed by atoms with Crippen LogP contribution in [-0.2, 0) is 6.54 Å². The lowest BCUT2D eigenvalue weighted by Crippen LogP contribution is -2.23. The fourth-order valence-electron chi connectivity index (χ4n) is 3.31. The number of nitrogens with zero attached hydrogens (tertiary/aromatic N) is 4. The molecule has 0 spiro atoms. The van der Waals surface area contributed by atoms with Crippen molar-refractivity contribution in [2.45, 2.75) is 20.4 Å². The predicted octanol–water partition coefficient (Wildman–Crippen LogP) is 3.93. The molecule has 4 rings (SSSR count). The maximum Gasteiger partial charge on any atom is 0.419 e. The Morgan fingerprint density at radius 1 is 1.19 bits per heavy atom. The Labute approximate surface area is 187 Å². The third-order valence-corrected chi connectivity index (χ3v) is 7.25. The van der Waals surface area contributed by atoms with E-state index in [0.29, 0.717) is 34.8 Å². The maximum absolute atomic E-state index is 12.8. The predicted molar refractivity (Wildman–Crippen MR) is 128 cm³/mol. The summed E-state index contributed by atoms with van der Waals surface area (Å²) in [4.78, 5) is 35.4. The molecule has 3 heterocycles. The highest BCUT2D eigenvalue weighted by molar-refractivity contribution is 7.29. The van der Waals surface area contributed by atoms with Gasteiger partial charge in [0.2, 0.25) is 0 Å². The number of benzene rings is 1. The average Bonchev–Trinajstić information content (AvgIpc) is 3.38. The van der Waals surface area contributed by atoms with Gasteiger partial charge in [0.15, 0.2) is 10.7 Å². The van der Waals surface area contributed by atoms with Crippen LogP contribution in [0.25, 0.3) is 20.6 Å². The number of fused-ring (bicyclic) bond motifs is 2. The molecule has 1 aromatic carbocycles. The Balaban J connectivity index is 1.55. The minimum absolute atomic E-state index is 0.190. The molecule has 8 nitrogen and oxygen atoms in total. The zero-order valence-corrected chi connectivity index (χ0v) is 19.6. The second kappa shape index (κ2) is 8.81. The van der Waals surface area contributed by atoms with Gasteiger partial charge in [0, 0.05) is 31.9 Å². The van der Waals surface area contributed by atoms with Gasteiger partial charge < -0.3 is 19.5 Å². The number of oxazole rings is 1. The molecule has 0 bridgehead atoms. The summed E-state index contributed by atoms with van der Waals surface area (Å²) >= 11 is 2.99. The fraction of sp³-hybridized carbons (Fsp3) is 0.381. The number of anilines is 2. The van der Waals surface area contributed by atoms with Crippen LogP contribution in [-0.4, -0.2) is 54.1 Å². The first-order valence-corrected chi connectivity index (χ1v) is 11.8. The number of thiophene rings is 1. The number of amides is 1. The van der Waals surface area contributed by atoms with E-state index in [0.717, 1.165) is 27.8 Å². The summed E-state index contributed by atoms with van der Waals surface area (Å²) in [5.41, 5.74) is 1.79. The van der Waals surface area contributed by atoms with Crippen LogP contribution in [0.15, 0.2) is 33.5 Å². The number of rotatable bonds is 8. The normalized spacial score (nSPS) is 11.6. The topological polar surface area (TPSA) is 83.6 Å². The molecular weight excluding hydrogens is 434 g/mol. The van der Waals surface area contributed by atoms with Gasteiger partial charge in [-0.2, -0.15) is 0 Å². The average molecular weight is 460 g/mol. The van der Waals surface area contributed by atoms with Gasteiger partial charge in [-0.1, -0.05) is 11.3 Å². The zero-order chi connectivity index (χ0) is 22.1. The Morgan fingerprint density at radius 3 is 2.65 bits per heavy atom. The number of thiazole rings is 1. The fourth-order valence-corrected chi connectivity index (χ4v) is 5.54. The summed E-state index contributed by atoms with van der Waals surface area (Å²) in [6, 6.07) is 7.12. The number of carbonyl (C=O) groups excluding carboxylic acids is 1. The molecule has 0 aliphatic heterocycles. The lowest BCUT2D eigenvalue weighted by atomic mass is 10.2. The molecule has 10 heteroatoms. The number of hydrogen-bond acceptors (Lipinski definition) is 8. The highest BCUT2D eigenvalue weighted by atomic mass is 32.1. The van der Waals surface area contributed by atoms with Crippen LogP contribution < -0.4 is 16.0 Å². The molecule has 3 aromatic heterocycles. The summed E-state index contributed by atoms with van der Waals surface area (Å²) in [5.74, 6) is -0.585. The lowest BCUT2D eigenvalue weighted by molar-refractivity contribution is 0.103. The molecule has 0 saturated carbocycles. The molecule has 164 valence electrons. The second-order valence-corrected chi connectivity index (χ2v) is 9.45. The minimum atomic E-state index is -0.395. The van der Waals surface area contributed by atoms with Gasteiger partial charge in [-0.25, -0.2) is 9.78 Å². The first-order valence-electron chi connectivity index (χ1n) is 10.1. The van der Waals surface area contributed by atoms with Crippen LogP contribution in [0.2, 0.25) is 0 Å². The molecule has 31 heavy (non-hydrogen) atoms. The first kappa shape index (κ1) is 21.5. The van der Waals surface area contributed by atoms with Crippen molar-refractivity contribution in [2.75, 3.05) is 43.9 Å². The molecule has 0 unspecified atom stereocenters. The van der Waals surface area contributed by atoms with Crippen molar-refractivity contribution in [1.82, 2.24) is 14.5 Å². The van der Waals surface area contributed by atoms with Crippen LogP contribution in [0, 0.1) is 0 Å². The van der Waals surface area contributed by atoms with E-state index in [-0.39, 0.29) is 5.91 Å². The van der Waals surface area contributed by atoms with E-state index in [9.17, 15) is 9.59 Å². The molecule has 4 aromatic rings. The van der Waals surface area contributed by atoms with E-state index >= 15 is 0 Å². The van der Waals surface area contributed by atoms with Gasteiger partial charge in [-0.15, -0.1) is 11.3 Å². The maximum atomic E-state index is 12.8. The summed E-state index contributed by atoms with van der Waals surface area (Å²) in [6.45, 7) is 7.24. The van der Waals surface area contributed by atoms with Crippen LogP contribution in [0.3, 0.4) is 0 Å². The Morgan fingerprint density at radius 2 is 1.97 bits per heavy atom. The highest BCUT2D eigenvalue weighted by Gasteiger charge is 2.17. The van der Waals surface area contributed by atoms with Gasteiger partial charge in [0.1, 0.15) is 4.83 Å². The van der Waals surface area contributed by atoms with Crippen molar-refractivity contribution >= 4 is 60.0 Å². The summed E-state index contributed by atoms with van der Waals surface area (Å²) in [5, 5.41) is 3.92. The molecule has 0 saturated heterocycles. The minimum Gasteiger partial charge on any atom is -0.408 e. The van der Waals surface area contributed by atoms with Crippen molar-refractivity contribution < 1.29 is 9.21 Å². The van der Waals surface area contributed by atoms with Gasteiger partial charge in [-0.3, -0.25) is 9.36 Å². The Hall–Kier alpha value is -2.69. The van der Waals surface area contributed by atoms with E-state index in [1.807, 2.05) is 25.1 Å². The van der Waals surface area contributed by atoms with E-state index in [1.165, 1.54) is 11.3 Å². The molecule has 0 aliphatic carbocycles. The van der Waals surface area contributed by atoms with Gasteiger partial charge in [-0.05, 0) is 52.2 Å². The molecule has 0 aliphatic rings. The van der Waals surface area contributed by atoms with Gasteiger partial charge in [0.25, 0.3) is 5.91 Å². The summed E-state index contributed by atoms with van der Waals surface area (Å²) < 4.78 is 7.92. The molecular formula is C21H25N5O3S2. The first-order chi connectivity index (χ1) is 14.9. The Bertz CT molecular complexity index is 1250. The van der Waals surface area contributed by atoms with Gasteiger partial charge >= 0.3 is 5.76 Å². The smallest absolute Gasteiger partial charge is 0.408 e. The van der Waals surface area contributed by atoms with E-state index in [1.54, 1.807) is 34.1 Å². The van der Waals surface area contributed by atoms with Crippen LogP contribution in [0.5, 0.6) is 0 Å². The van der Waals surface area contributed by atoms with Crippen molar-refractivity contribution in [3.63, 3.8) is 0 Å². The quantitative estimate of drug-likeness (QED) is 0.430. The number of likely N-dealkylation sites (N-methyl/N-ethyl adjacent to an activating group) is 1. The van der Waals surface area contributed by atoms with Crippen molar-refractivity contribution in [1.29, 1.82) is 0 Å². The zero-order valence-electron chi connectivity index (χ0n) is 18.0. The highest BCUT2D eigenvalue weighted by Crippen LogP contribution is 2.35. The molecule has 0 atom stereocenters. The third-order valence-electron chi connectivity index (χ3n) is 5.03. The Kier molecular flexibility index (Phi) is 6.12. The molecule has 0 radical (unpaired) electrons. The number of aromatic nitrogens is 2. The van der Waals surface area contributed by atoms with E-state index in [4.69, 9.17) is 4.42 Å². The van der Waals surface area contributed by atoms with E-state index in [2.05, 4.69) is 29.0 Å². The molecule has 1 amide bonds. The van der Waals surface area contributed by atoms with Crippen molar-refractivity contribution in [3.05, 3.63) is 39.7 Å². The van der Waals surface area contributed by atoms with Crippen molar-refractivity contribution in [3.8, 4) is 0 Å². The third kappa shape index (κ3) is 4.36. The molecule has 0 fully saturated rings. The second-order valence-electron chi connectivity index (χ2n) is 7.41. The summed E-state index contributed by atoms with van der Waals surface area (Å²) in [6.07, 6.45) is 0. The van der Waals surface area contributed by atoms with Crippen molar-refractivity contribution in [2.24, 2.45) is 0 Å². The standard InChI is InChI=1S/C21H25N5O3S2/c1-5-25(6-2)20-23-19-17(31-20)12-16(30-19)18(27)22-13-7-8-15-14(11-13)26(21(28)29-15)10-9-24(3)4/h7-8,11-12H,5-6,9-10H2,1-4H3,(H,22,27). The van der Waals surface area contributed by atoms with E-state index < -0.39 is 5.76 Å². The number of hydrogen-bond donors (Lipinski definition) is 1. The van der Waals surface area contributed by atoms with Gasteiger partial charge in [0.05, 0.1) is 15.1 Å². The monoisotopic (exact) mass is 459 g/mol. The largest absolute Gasteiger partial charge is 0.419 e. The van der Waals surface area contributed by atoms with Crippen LogP contribution >= 0.6 is 22.7 Å². The molecule has 1 N–H and O–H groups in total. The lowest BCUT2D eigenvalue weighted by Gasteiger charge is -2.16.